The second-order valence-electron chi connectivity index (χ2n) is 5.87. The topological polar surface area (TPSA) is 64.1 Å². The smallest absolute Gasteiger partial charge is 0.392 e. The molecule has 0 amide bonds. The van der Waals surface area contributed by atoms with E-state index in [0.717, 1.165) is 49.3 Å². The van der Waals surface area contributed by atoms with Crippen LogP contribution in [0.2, 0.25) is 0 Å². The van der Waals surface area contributed by atoms with Gasteiger partial charge in [0, 0.05) is 4.90 Å². The van der Waals surface area contributed by atoms with Gasteiger partial charge in [0.2, 0.25) is 0 Å². The fourth-order valence-electron chi connectivity index (χ4n) is 2.95. The van der Waals surface area contributed by atoms with Crippen molar-refractivity contribution in [2.45, 2.75) is 43.4 Å². The molecule has 1 heterocycles. The van der Waals surface area contributed by atoms with E-state index in [0.29, 0.717) is 21.8 Å². The number of hydrogen-bond acceptors (Lipinski definition) is 4. The van der Waals surface area contributed by atoms with Gasteiger partial charge in [0.25, 0.3) is 0 Å². The Morgan fingerprint density at radius 3 is 2.64 bits per heavy atom. The maximum absolute atomic E-state index is 13.2. The molecule has 1 aliphatic carbocycles. The molecule has 0 saturated carbocycles. The molecule has 0 fully saturated rings. The maximum Gasteiger partial charge on any atom is 0.435 e. The summed E-state index contributed by atoms with van der Waals surface area (Å²) >= 11 is 0.985. The number of nitrogens with zero attached hydrogens (tertiary/aromatic N) is 2. The lowest BCUT2D eigenvalue weighted by molar-refractivity contribution is -0.141. The molecule has 25 heavy (non-hydrogen) atoms. The van der Waals surface area contributed by atoms with Crippen molar-refractivity contribution >= 4 is 17.5 Å². The van der Waals surface area contributed by atoms with Crippen molar-refractivity contribution in [3.63, 3.8) is 0 Å². The number of allylic oxidation sites excluding steroid dienone is 2. The van der Waals surface area contributed by atoms with Gasteiger partial charge in [-0.3, -0.25) is 5.14 Å². The Morgan fingerprint density at radius 2 is 2.04 bits per heavy atom. The lowest BCUT2D eigenvalue weighted by Crippen LogP contribution is -2.08. The van der Waals surface area contributed by atoms with E-state index < -0.39 is 11.9 Å². The molecular weight excluding hydrogens is 351 g/mol. The highest BCUT2D eigenvalue weighted by molar-refractivity contribution is 7.97. The van der Waals surface area contributed by atoms with Gasteiger partial charge in [-0.25, -0.2) is 4.68 Å². The lowest BCUT2D eigenvalue weighted by Gasteiger charge is -2.15. The number of halogens is 3. The van der Waals surface area contributed by atoms with E-state index in [1.54, 1.807) is 18.2 Å². The minimum absolute atomic E-state index is 0.251. The average molecular weight is 369 g/mol. The zero-order chi connectivity index (χ0) is 18.0. The zero-order valence-electron chi connectivity index (χ0n) is 13.4. The first kappa shape index (κ1) is 18.0. The number of aliphatic hydroxyl groups excluding tert-OH is 1. The van der Waals surface area contributed by atoms with Gasteiger partial charge in [0.15, 0.2) is 5.69 Å². The quantitative estimate of drug-likeness (QED) is 0.789. The summed E-state index contributed by atoms with van der Waals surface area (Å²) in [4.78, 5) is 0.674. The highest BCUT2D eigenvalue weighted by Gasteiger charge is 2.35. The first-order valence-electron chi connectivity index (χ1n) is 7.91. The fourth-order valence-corrected chi connectivity index (χ4v) is 3.37. The molecule has 0 bridgehead atoms. The number of nitrogens with two attached hydrogens (primary N) is 1. The number of alkyl halides is 3. The van der Waals surface area contributed by atoms with Gasteiger partial charge in [0.05, 0.1) is 18.0 Å². The molecular formula is C17H18F3N3OS. The Hall–Kier alpha value is -1.77. The van der Waals surface area contributed by atoms with Crippen LogP contribution in [0.4, 0.5) is 13.2 Å². The number of benzene rings is 1. The van der Waals surface area contributed by atoms with Crippen LogP contribution in [-0.2, 0) is 12.8 Å². The minimum Gasteiger partial charge on any atom is -0.392 e. The van der Waals surface area contributed by atoms with Crippen LogP contribution in [0.1, 0.15) is 42.6 Å². The lowest BCUT2D eigenvalue weighted by atomic mass is 9.97. The van der Waals surface area contributed by atoms with Crippen LogP contribution in [0.5, 0.6) is 0 Å². The predicted octanol–water partition coefficient (Wildman–Crippen LogP) is 4.31. The molecule has 0 spiro atoms. The maximum atomic E-state index is 13.2. The summed E-state index contributed by atoms with van der Waals surface area (Å²) in [5.41, 5.74) is 1.43. The van der Waals surface area contributed by atoms with Crippen molar-refractivity contribution in [3.05, 3.63) is 47.3 Å². The monoisotopic (exact) mass is 369 g/mol. The third kappa shape index (κ3) is 3.75. The normalized spacial score (nSPS) is 15.3. The Balaban J connectivity index is 2.14. The third-order valence-corrected chi connectivity index (χ3v) is 4.86. The number of hydrogen-bond donors (Lipinski definition) is 2. The van der Waals surface area contributed by atoms with E-state index in [1.807, 2.05) is 6.08 Å². The van der Waals surface area contributed by atoms with Crippen LogP contribution in [0.3, 0.4) is 0 Å². The second kappa shape index (κ2) is 7.23. The molecule has 2 aromatic rings. The zero-order valence-corrected chi connectivity index (χ0v) is 14.2. The molecule has 4 nitrogen and oxygen atoms in total. The first-order chi connectivity index (χ1) is 11.9. The Kier molecular flexibility index (Phi) is 5.21. The molecule has 0 saturated heterocycles. The van der Waals surface area contributed by atoms with Crippen molar-refractivity contribution < 1.29 is 18.3 Å². The number of aliphatic hydroxyl groups is 1. The molecule has 0 aliphatic heterocycles. The molecule has 134 valence electrons. The van der Waals surface area contributed by atoms with Crippen molar-refractivity contribution in [3.8, 4) is 5.69 Å². The molecule has 0 unspecified atom stereocenters. The van der Waals surface area contributed by atoms with E-state index >= 15 is 0 Å². The number of aromatic nitrogens is 2. The first-order valence-corrected chi connectivity index (χ1v) is 8.79. The van der Waals surface area contributed by atoms with E-state index in [-0.39, 0.29) is 6.61 Å². The molecule has 0 atom stereocenters. The molecule has 3 N–H and O–H groups in total. The van der Waals surface area contributed by atoms with Crippen LogP contribution in [0.25, 0.3) is 11.3 Å². The van der Waals surface area contributed by atoms with Gasteiger partial charge >= 0.3 is 6.18 Å². The summed E-state index contributed by atoms with van der Waals surface area (Å²) in [6, 6.07) is 6.06. The van der Waals surface area contributed by atoms with E-state index in [2.05, 4.69) is 5.10 Å². The van der Waals surface area contributed by atoms with Gasteiger partial charge < -0.3 is 5.11 Å². The largest absolute Gasteiger partial charge is 0.435 e. The van der Waals surface area contributed by atoms with E-state index in [4.69, 9.17) is 5.14 Å². The summed E-state index contributed by atoms with van der Waals surface area (Å²) < 4.78 is 40.8. The Bertz CT molecular complexity index is 799. The number of rotatable bonds is 4. The van der Waals surface area contributed by atoms with Gasteiger partial charge in [-0.15, -0.1) is 0 Å². The van der Waals surface area contributed by atoms with Gasteiger partial charge in [-0.2, -0.15) is 18.3 Å². The fraction of sp³-hybridized carbons (Fsp3) is 0.353. The summed E-state index contributed by atoms with van der Waals surface area (Å²) in [6.45, 7) is -0.251. The van der Waals surface area contributed by atoms with Crippen LogP contribution in [0.15, 0.2) is 35.2 Å². The Morgan fingerprint density at radius 1 is 1.24 bits per heavy atom. The average Bonchev–Trinajstić information content (AvgIpc) is 3.07. The second-order valence-corrected chi connectivity index (χ2v) is 6.54. The molecule has 8 heteroatoms. The highest BCUT2D eigenvalue weighted by Crippen LogP contribution is 2.35. The summed E-state index contributed by atoms with van der Waals surface area (Å²) in [6.07, 6.45) is 1.04. The van der Waals surface area contributed by atoms with Crippen LogP contribution in [-0.4, -0.2) is 14.9 Å². The summed E-state index contributed by atoms with van der Waals surface area (Å²) in [5.74, 6) is 0. The van der Waals surface area contributed by atoms with Crippen molar-refractivity contribution in [2.24, 2.45) is 5.14 Å². The molecule has 0 radical (unpaired) electrons. The Labute approximate surface area is 147 Å². The highest BCUT2D eigenvalue weighted by atomic mass is 32.2. The molecule has 1 aromatic carbocycles. The van der Waals surface area contributed by atoms with Crippen LogP contribution < -0.4 is 5.14 Å². The van der Waals surface area contributed by atoms with E-state index in [1.165, 1.54) is 4.68 Å². The van der Waals surface area contributed by atoms with Crippen LogP contribution >= 0.6 is 11.9 Å². The van der Waals surface area contributed by atoms with Crippen molar-refractivity contribution in [2.75, 3.05) is 0 Å². The van der Waals surface area contributed by atoms with Crippen molar-refractivity contribution in [1.82, 2.24) is 9.78 Å². The third-order valence-electron chi connectivity index (χ3n) is 4.21. The standard InChI is InChI=1S/C17H18F3N3OS/c18-17(19,20)16-9-14(11-4-2-1-3-5-11)23(22-16)13-6-7-15(25-21)12(8-13)10-24/h4,6-9,24H,1-3,5,10,21H2. The van der Waals surface area contributed by atoms with Crippen LogP contribution in [0, 0.1) is 0 Å². The van der Waals surface area contributed by atoms with E-state index in [9.17, 15) is 18.3 Å². The molecule has 1 aliphatic rings. The molecule has 3 rings (SSSR count). The van der Waals surface area contributed by atoms with Gasteiger partial charge in [-0.1, -0.05) is 6.08 Å². The summed E-state index contributed by atoms with van der Waals surface area (Å²) in [5, 5.41) is 18.8. The van der Waals surface area contributed by atoms with Gasteiger partial charge in [-0.05, 0) is 73.0 Å². The minimum atomic E-state index is -4.51. The molecule has 1 aromatic heterocycles. The predicted molar refractivity (Wildman–Crippen MR) is 91.0 cm³/mol. The van der Waals surface area contributed by atoms with Gasteiger partial charge in [0.1, 0.15) is 0 Å². The summed E-state index contributed by atoms with van der Waals surface area (Å²) in [7, 11) is 0. The van der Waals surface area contributed by atoms with Crippen molar-refractivity contribution in [1.29, 1.82) is 0 Å². The SMILES string of the molecule is NSc1ccc(-n2nc(C(F)(F)F)cc2C2=CCCCC2)cc1CO.